The van der Waals surface area contributed by atoms with Crippen molar-refractivity contribution in [2.45, 2.75) is 32.1 Å². The first kappa shape index (κ1) is 31.2. The summed E-state index contributed by atoms with van der Waals surface area (Å²) in [5.41, 5.74) is 6.68. The molecule has 6 aromatic rings. The van der Waals surface area contributed by atoms with Crippen LogP contribution in [0.2, 0.25) is 0 Å². The Labute approximate surface area is 273 Å². The molecule has 7 rings (SSSR count). The average molecular weight is 627 g/mol. The molecule has 6 heteroatoms. The van der Waals surface area contributed by atoms with E-state index in [2.05, 4.69) is 0 Å². The molecule has 0 heterocycles. The van der Waals surface area contributed by atoms with Crippen LogP contribution in [0.1, 0.15) is 55.6 Å². The van der Waals surface area contributed by atoms with E-state index in [1.165, 1.54) is 12.1 Å². The number of benzene rings is 6. The molecule has 0 amide bonds. The third-order valence-corrected chi connectivity index (χ3v) is 8.65. The van der Waals surface area contributed by atoms with Crippen molar-refractivity contribution in [1.29, 1.82) is 0 Å². The minimum atomic E-state index is -0.178. The molecule has 1 aliphatic carbocycles. The highest BCUT2D eigenvalue weighted by Crippen LogP contribution is 2.37. The summed E-state index contributed by atoms with van der Waals surface area (Å²) in [5, 5.41) is 55.9. The van der Waals surface area contributed by atoms with Gasteiger partial charge in [0.15, 0.2) is 0 Å². The van der Waals surface area contributed by atoms with E-state index in [1.807, 2.05) is 91.0 Å². The van der Waals surface area contributed by atoms with Crippen LogP contribution in [0.4, 0.5) is 4.39 Å². The Balaban J connectivity index is 0.000000491. The van der Waals surface area contributed by atoms with Crippen LogP contribution in [0.5, 0.6) is 28.7 Å². The van der Waals surface area contributed by atoms with Crippen LogP contribution in [-0.2, 0) is 32.1 Å². The van der Waals surface area contributed by atoms with E-state index in [4.69, 9.17) is 0 Å². The molecule has 10 bridgehead atoms. The maximum absolute atomic E-state index is 11.9. The number of phenolic OH excluding ortho intramolecular Hbond substituents is 5. The molecular weight excluding hydrogens is 591 g/mol. The van der Waals surface area contributed by atoms with Gasteiger partial charge in [-0.3, -0.25) is 0 Å². The molecule has 0 spiro atoms. The Morgan fingerprint density at radius 2 is 0.468 bits per heavy atom. The topological polar surface area (TPSA) is 101 Å². The van der Waals surface area contributed by atoms with Crippen molar-refractivity contribution in [3.8, 4) is 28.7 Å². The van der Waals surface area contributed by atoms with E-state index >= 15 is 0 Å². The first-order valence-corrected chi connectivity index (χ1v) is 15.5. The van der Waals surface area contributed by atoms with Crippen molar-refractivity contribution in [3.05, 3.63) is 183 Å². The summed E-state index contributed by atoms with van der Waals surface area (Å²) in [4.78, 5) is 0. The smallest absolute Gasteiger partial charge is 0.123 e. The third kappa shape index (κ3) is 6.92. The number of hydrogen-bond acceptors (Lipinski definition) is 5. The predicted molar refractivity (Wildman–Crippen MR) is 181 cm³/mol. The Morgan fingerprint density at radius 1 is 0.277 bits per heavy atom. The lowest BCUT2D eigenvalue weighted by Crippen LogP contribution is -2.00. The summed E-state index contributed by atoms with van der Waals surface area (Å²) in [5.74, 6) is 0.457. The first-order valence-electron chi connectivity index (χ1n) is 15.5. The van der Waals surface area contributed by atoms with Crippen LogP contribution in [-0.4, -0.2) is 25.5 Å². The summed E-state index contributed by atoms with van der Waals surface area (Å²) in [6.45, 7) is 0. The summed E-state index contributed by atoms with van der Waals surface area (Å²) in [6, 6.07) is 35.6. The Bertz CT molecular complexity index is 1640. The van der Waals surface area contributed by atoms with E-state index < -0.39 is 0 Å². The van der Waals surface area contributed by atoms with Gasteiger partial charge in [-0.2, -0.15) is 0 Å². The lowest BCUT2D eigenvalue weighted by molar-refractivity contribution is 0.451. The van der Waals surface area contributed by atoms with E-state index in [-0.39, 0.29) is 34.6 Å². The van der Waals surface area contributed by atoms with Crippen molar-refractivity contribution < 1.29 is 29.9 Å². The minimum absolute atomic E-state index is 0.127. The summed E-state index contributed by atoms with van der Waals surface area (Å²) in [6.07, 6.45) is 1.62. The number of phenols is 5. The standard InChI is InChI=1S/C35H30O5.C6H5F/c36-31-21-6-1-7-22(31)17-24-9-3-11-26(33(24)38)19-28-13-5-15-30(35(28)40)20-29-14-4-12-27(34(29)39)18-25-10-2-8-23(16-21)32(25)37;7-6-4-2-1-3-5-6/h1-15,36-40H,16-20H2;1-5H. The lowest BCUT2D eigenvalue weighted by Gasteiger charge is -2.16. The maximum atomic E-state index is 11.9. The van der Waals surface area contributed by atoms with Gasteiger partial charge >= 0.3 is 0 Å². The second kappa shape index (κ2) is 13.7. The fourth-order valence-corrected chi connectivity index (χ4v) is 6.09. The largest absolute Gasteiger partial charge is 0.507 e. The van der Waals surface area contributed by atoms with Gasteiger partial charge in [0.1, 0.15) is 34.6 Å². The second-order valence-electron chi connectivity index (χ2n) is 11.8. The van der Waals surface area contributed by atoms with Crippen molar-refractivity contribution >= 4 is 0 Å². The molecule has 236 valence electrons. The number of halogens is 1. The molecular formula is C41H35FO5. The van der Waals surface area contributed by atoms with Gasteiger partial charge in [-0.25, -0.2) is 4.39 Å². The van der Waals surface area contributed by atoms with Gasteiger partial charge in [0.2, 0.25) is 0 Å². The van der Waals surface area contributed by atoms with Crippen LogP contribution < -0.4 is 0 Å². The van der Waals surface area contributed by atoms with Crippen LogP contribution in [0.25, 0.3) is 0 Å². The summed E-state index contributed by atoms with van der Waals surface area (Å²) in [7, 11) is 0. The van der Waals surface area contributed by atoms with Gasteiger partial charge in [0.05, 0.1) is 0 Å². The highest BCUT2D eigenvalue weighted by molar-refractivity contribution is 5.55. The highest BCUT2D eigenvalue weighted by atomic mass is 19.1. The number of rotatable bonds is 0. The Morgan fingerprint density at radius 3 is 0.617 bits per heavy atom. The molecule has 0 atom stereocenters. The van der Waals surface area contributed by atoms with Crippen molar-refractivity contribution in [1.82, 2.24) is 0 Å². The van der Waals surface area contributed by atoms with E-state index in [1.54, 1.807) is 18.2 Å². The summed E-state index contributed by atoms with van der Waals surface area (Å²) >= 11 is 0. The molecule has 0 saturated heterocycles. The van der Waals surface area contributed by atoms with Gasteiger partial charge in [-0.15, -0.1) is 0 Å². The maximum Gasteiger partial charge on any atom is 0.123 e. The molecule has 0 fully saturated rings. The second-order valence-corrected chi connectivity index (χ2v) is 11.8. The summed E-state index contributed by atoms with van der Waals surface area (Å²) < 4.78 is 11.9. The number of fused-ring (bicyclic) bond motifs is 10. The Kier molecular flexibility index (Phi) is 9.11. The Hall–Kier alpha value is -5.75. The van der Waals surface area contributed by atoms with Gasteiger partial charge in [0.25, 0.3) is 0 Å². The SMILES string of the molecule is Fc1ccccc1.Oc1c2cccc1Cc1cccc(c1O)Cc1cccc(c1O)Cc1cccc(c1O)Cc1cccc(c1O)C2. The van der Waals surface area contributed by atoms with Crippen molar-refractivity contribution in [2.24, 2.45) is 0 Å². The molecule has 5 nitrogen and oxygen atoms in total. The predicted octanol–water partition coefficient (Wildman–Crippen LogP) is 8.31. The molecule has 0 aliphatic heterocycles. The van der Waals surface area contributed by atoms with Crippen LogP contribution in [0.15, 0.2) is 121 Å². The van der Waals surface area contributed by atoms with Crippen molar-refractivity contribution in [2.75, 3.05) is 0 Å². The molecule has 5 N–H and O–H groups in total. The molecule has 0 unspecified atom stereocenters. The van der Waals surface area contributed by atoms with E-state index in [9.17, 15) is 29.9 Å². The molecule has 47 heavy (non-hydrogen) atoms. The normalized spacial score (nSPS) is 12.4. The zero-order valence-electron chi connectivity index (χ0n) is 25.7. The van der Waals surface area contributed by atoms with E-state index in [0.29, 0.717) is 87.7 Å². The molecule has 0 aromatic heterocycles. The van der Waals surface area contributed by atoms with Gasteiger partial charge in [-0.1, -0.05) is 109 Å². The zero-order chi connectivity index (χ0) is 32.9. The fourth-order valence-electron chi connectivity index (χ4n) is 6.09. The first-order chi connectivity index (χ1) is 22.8. The number of para-hydroxylation sites is 5. The number of hydrogen-bond donors (Lipinski definition) is 5. The number of aromatic hydroxyl groups is 5. The van der Waals surface area contributed by atoms with Crippen molar-refractivity contribution in [3.63, 3.8) is 0 Å². The minimum Gasteiger partial charge on any atom is -0.507 e. The van der Waals surface area contributed by atoms with E-state index in [0.717, 1.165) is 0 Å². The monoisotopic (exact) mass is 626 g/mol. The molecule has 1 aliphatic rings. The van der Waals surface area contributed by atoms with Crippen LogP contribution in [0.3, 0.4) is 0 Å². The van der Waals surface area contributed by atoms with Crippen LogP contribution >= 0.6 is 0 Å². The van der Waals surface area contributed by atoms with Crippen LogP contribution in [0, 0.1) is 5.82 Å². The van der Waals surface area contributed by atoms with Gasteiger partial charge in [0, 0.05) is 32.1 Å². The fraction of sp³-hybridized carbons (Fsp3) is 0.122. The molecule has 0 saturated carbocycles. The van der Waals surface area contributed by atoms with Gasteiger partial charge < -0.3 is 25.5 Å². The average Bonchev–Trinajstić information content (AvgIpc) is 3.06. The highest BCUT2D eigenvalue weighted by Gasteiger charge is 2.18. The quantitative estimate of drug-likeness (QED) is 0.117. The lowest BCUT2D eigenvalue weighted by atomic mass is 9.91. The zero-order valence-corrected chi connectivity index (χ0v) is 25.7. The third-order valence-electron chi connectivity index (χ3n) is 8.65. The molecule has 0 radical (unpaired) electrons. The molecule has 6 aromatic carbocycles. The van der Waals surface area contributed by atoms with Gasteiger partial charge in [-0.05, 0) is 67.8 Å².